The van der Waals surface area contributed by atoms with E-state index < -0.39 is 0 Å². The second kappa shape index (κ2) is 5.93. The lowest BCUT2D eigenvalue weighted by atomic mass is 10.1. The highest BCUT2D eigenvalue weighted by Crippen LogP contribution is 2.38. The van der Waals surface area contributed by atoms with E-state index in [1.165, 1.54) is 0 Å². The number of nitrogens with two attached hydrogens (primary N) is 1. The van der Waals surface area contributed by atoms with Crippen molar-refractivity contribution in [1.29, 1.82) is 0 Å². The van der Waals surface area contributed by atoms with E-state index >= 15 is 0 Å². The van der Waals surface area contributed by atoms with Crippen molar-refractivity contribution >= 4 is 15.9 Å². The summed E-state index contributed by atoms with van der Waals surface area (Å²) in [6.45, 7) is 0.860. The van der Waals surface area contributed by atoms with Gasteiger partial charge in [0.05, 0.1) is 4.47 Å². The maximum absolute atomic E-state index is 5.82. The molecule has 20 heavy (non-hydrogen) atoms. The van der Waals surface area contributed by atoms with Crippen LogP contribution in [0, 0.1) is 0 Å². The summed E-state index contributed by atoms with van der Waals surface area (Å²) in [4.78, 5) is 4.35. The van der Waals surface area contributed by atoms with Crippen molar-refractivity contribution in [2.75, 3.05) is 6.54 Å². The van der Waals surface area contributed by atoms with E-state index in [2.05, 4.69) is 26.1 Å². The number of hydrogen-bond donors (Lipinski definition) is 1. The molecule has 1 fully saturated rings. The highest BCUT2D eigenvalue weighted by molar-refractivity contribution is 9.10. The molecule has 1 heterocycles. The van der Waals surface area contributed by atoms with E-state index in [0.717, 1.165) is 40.9 Å². The fourth-order valence-corrected chi connectivity index (χ4v) is 2.56. The Bertz CT molecular complexity index is 596. The third kappa shape index (κ3) is 3.02. The second-order valence-corrected chi connectivity index (χ2v) is 5.73. The molecule has 0 amide bonds. The van der Waals surface area contributed by atoms with Crippen LogP contribution < -0.4 is 10.5 Å². The van der Waals surface area contributed by atoms with Crippen LogP contribution in [0.2, 0.25) is 0 Å². The molecular formula is C14H16BrN3O2. The van der Waals surface area contributed by atoms with Gasteiger partial charge in [0.15, 0.2) is 12.4 Å². The Kier molecular flexibility index (Phi) is 4.03. The molecule has 6 heteroatoms. The molecule has 0 bridgehead atoms. The van der Waals surface area contributed by atoms with Gasteiger partial charge in [-0.15, -0.1) is 0 Å². The average molecular weight is 338 g/mol. The van der Waals surface area contributed by atoms with Crippen molar-refractivity contribution < 1.29 is 9.26 Å². The zero-order chi connectivity index (χ0) is 13.9. The van der Waals surface area contributed by atoms with Crippen LogP contribution in [0.5, 0.6) is 5.75 Å². The minimum absolute atomic E-state index is 0.278. The number of aromatic nitrogens is 2. The summed E-state index contributed by atoms with van der Waals surface area (Å²) in [5, 5.41) is 3.97. The second-order valence-electron chi connectivity index (χ2n) is 4.88. The average Bonchev–Trinajstić information content (AvgIpc) is 3.18. The predicted molar refractivity (Wildman–Crippen MR) is 77.5 cm³/mol. The van der Waals surface area contributed by atoms with Crippen LogP contribution in [-0.4, -0.2) is 16.7 Å². The van der Waals surface area contributed by atoms with Crippen LogP contribution in [0.1, 0.15) is 36.0 Å². The van der Waals surface area contributed by atoms with E-state index in [1.807, 2.05) is 18.2 Å². The first-order valence-electron chi connectivity index (χ1n) is 6.70. The molecule has 0 radical (unpaired) electrons. The Morgan fingerprint density at radius 2 is 2.25 bits per heavy atom. The van der Waals surface area contributed by atoms with Crippen molar-refractivity contribution in [3.8, 4) is 5.75 Å². The van der Waals surface area contributed by atoms with Crippen LogP contribution >= 0.6 is 15.9 Å². The lowest BCUT2D eigenvalue weighted by molar-refractivity contribution is 0.239. The minimum atomic E-state index is 0.278. The number of hydrogen-bond acceptors (Lipinski definition) is 5. The van der Waals surface area contributed by atoms with E-state index in [4.69, 9.17) is 15.0 Å². The fraction of sp³-hybridized carbons (Fsp3) is 0.429. The van der Waals surface area contributed by atoms with Crippen molar-refractivity contribution in [3.05, 3.63) is 40.0 Å². The maximum Gasteiger partial charge on any atom is 0.264 e. The highest BCUT2D eigenvalue weighted by Gasteiger charge is 2.28. The number of benzene rings is 1. The molecule has 3 rings (SSSR count). The number of para-hydroxylation sites is 1. The summed E-state index contributed by atoms with van der Waals surface area (Å²) in [5.41, 5.74) is 6.69. The summed E-state index contributed by atoms with van der Waals surface area (Å²) < 4.78 is 11.9. The topological polar surface area (TPSA) is 74.2 Å². The predicted octanol–water partition coefficient (Wildman–Crippen LogP) is 2.79. The first kappa shape index (κ1) is 13.6. The Balaban J connectivity index is 1.70. The monoisotopic (exact) mass is 337 g/mol. The van der Waals surface area contributed by atoms with E-state index in [0.29, 0.717) is 18.4 Å². The first-order chi connectivity index (χ1) is 9.78. The van der Waals surface area contributed by atoms with Crippen molar-refractivity contribution in [2.45, 2.75) is 31.8 Å². The van der Waals surface area contributed by atoms with E-state index in [9.17, 15) is 0 Å². The number of rotatable bonds is 6. The molecule has 2 aromatic rings. The van der Waals surface area contributed by atoms with Gasteiger partial charge in [0.25, 0.3) is 5.89 Å². The largest absolute Gasteiger partial charge is 0.482 e. The van der Waals surface area contributed by atoms with Crippen LogP contribution in [0.4, 0.5) is 0 Å². The van der Waals surface area contributed by atoms with Gasteiger partial charge in [0.2, 0.25) is 0 Å². The maximum atomic E-state index is 5.82. The third-order valence-electron chi connectivity index (χ3n) is 3.23. The first-order valence-corrected chi connectivity index (χ1v) is 7.50. The Hall–Kier alpha value is -1.40. The van der Waals surface area contributed by atoms with Crippen LogP contribution in [-0.2, 0) is 13.0 Å². The Morgan fingerprint density at radius 1 is 1.40 bits per heavy atom. The van der Waals surface area contributed by atoms with Gasteiger partial charge < -0.3 is 15.0 Å². The third-order valence-corrected chi connectivity index (χ3v) is 3.85. The molecule has 0 spiro atoms. The summed E-state index contributed by atoms with van der Waals surface area (Å²) in [7, 11) is 0. The van der Waals surface area contributed by atoms with Gasteiger partial charge in [-0.3, -0.25) is 0 Å². The summed E-state index contributed by atoms with van der Waals surface area (Å²) in [6.07, 6.45) is 3.08. The molecule has 2 N–H and O–H groups in total. The number of ether oxygens (including phenoxy) is 1. The Labute approximate surface area is 125 Å². The van der Waals surface area contributed by atoms with Crippen molar-refractivity contribution in [2.24, 2.45) is 5.73 Å². The quantitative estimate of drug-likeness (QED) is 0.877. The van der Waals surface area contributed by atoms with Gasteiger partial charge in [-0.25, -0.2) is 0 Å². The van der Waals surface area contributed by atoms with Crippen molar-refractivity contribution in [1.82, 2.24) is 10.1 Å². The molecule has 0 unspecified atom stereocenters. The molecule has 1 aromatic carbocycles. The van der Waals surface area contributed by atoms with Gasteiger partial charge in [0.1, 0.15) is 5.75 Å². The van der Waals surface area contributed by atoms with Gasteiger partial charge in [-0.05, 0) is 53.4 Å². The van der Waals surface area contributed by atoms with Gasteiger partial charge in [-0.2, -0.15) is 4.98 Å². The molecule has 5 nitrogen and oxygen atoms in total. The minimum Gasteiger partial charge on any atom is -0.482 e. The summed E-state index contributed by atoms with van der Waals surface area (Å²) in [6, 6.07) is 5.93. The molecule has 1 aliphatic carbocycles. The number of nitrogens with zero attached hydrogens (tertiary/aromatic N) is 2. The van der Waals surface area contributed by atoms with Crippen molar-refractivity contribution in [3.63, 3.8) is 0 Å². The van der Waals surface area contributed by atoms with Gasteiger partial charge >= 0.3 is 0 Å². The van der Waals surface area contributed by atoms with E-state index in [-0.39, 0.29) is 6.61 Å². The normalized spacial score (nSPS) is 14.5. The molecule has 1 saturated carbocycles. The van der Waals surface area contributed by atoms with Gasteiger partial charge in [0, 0.05) is 5.92 Å². The number of halogens is 1. The lowest BCUT2D eigenvalue weighted by Crippen LogP contribution is -2.06. The molecule has 0 atom stereocenters. The molecule has 0 saturated heterocycles. The van der Waals surface area contributed by atoms with Crippen LogP contribution in [0.3, 0.4) is 0 Å². The van der Waals surface area contributed by atoms with Crippen LogP contribution in [0.25, 0.3) is 0 Å². The van der Waals surface area contributed by atoms with Gasteiger partial charge in [-0.1, -0.05) is 17.3 Å². The smallest absolute Gasteiger partial charge is 0.264 e. The summed E-state index contributed by atoms with van der Waals surface area (Å²) in [5.74, 6) is 2.60. The summed E-state index contributed by atoms with van der Waals surface area (Å²) >= 11 is 3.50. The standard InChI is InChI=1S/C14H16BrN3O2/c15-11-3-1-2-9(6-7-16)13(11)19-8-12-17-14(18-20-12)10-4-5-10/h1-3,10H,4-8,16H2. The molecular weight excluding hydrogens is 322 g/mol. The van der Waals surface area contributed by atoms with Crippen LogP contribution in [0.15, 0.2) is 27.2 Å². The molecule has 1 aromatic heterocycles. The Morgan fingerprint density at radius 3 is 3.00 bits per heavy atom. The zero-order valence-corrected chi connectivity index (χ0v) is 12.6. The molecule has 1 aliphatic rings. The fourth-order valence-electron chi connectivity index (χ4n) is 2.04. The molecule has 0 aliphatic heterocycles. The lowest BCUT2D eigenvalue weighted by Gasteiger charge is -2.11. The molecule has 106 valence electrons. The SMILES string of the molecule is NCCc1cccc(Br)c1OCc1nc(C2CC2)no1. The zero-order valence-electron chi connectivity index (χ0n) is 11.0. The highest BCUT2D eigenvalue weighted by atomic mass is 79.9. The van der Waals surface area contributed by atoms with E-state index in [1.54, 1.807) is 0 Å².